The van der Waals surface area contributed by atoms with Crippen molar-refractivity contribution in [3.63, 3.8) is 0 Å². The summed E-state index contributed by atoms with van der Waals surface area (Å²) in [7, 11) is 1.63. The van der Waals surface area contributed by atoms with E-state index in [0.29, 0.717) is 41.4 Å². The Hall–Kier alpha value is -3.71. The number of hydrogen-bond donors (Lipinski definition) is 2. The van der Waals surface area contributed by atoms with Gasteiger partial charge in [-0.1, -0.05) is 10.3 Å². The number of aromatic nitrogens is 6. The maximum absolute atomic E-state index is 12.6. The number of hydrogen-bond acceptors (Lipinski definition) is 9. The molecule has 2 N–H and O–H groups in total. The molecule has 1 saturated carbocycles. The van der Waals surface area contributed by atoms with Crippen LogP contribution >= 0.6 is 0 Å². The molecule has 0 bridgehead atoms. The monoisotopic (exact) mass is 481 g/mol. The number of carboxylic acid groups (broad SMARTS) is 1. The van der Waals surface area contributed by atoms with Crippen molar-refractivity contribution in [3.05, 3.63) is 29.4 Å². The van der Waals surface area contributed by atoms with Crippen molar-refractivity contribution >= 4 is 12.0 Å². The second-order valence-corrected chi connectivity index (χ2v) is 7.99. The number of rotatable bonds is 7. The molecule has 3 heterocycles. The van der Waals surface area contributed by atoms with E-state index in [-0.39, 0.29) is 18.7 Å². The fraction of sp³-hybridized carbons (Fsp3) is 0.500. The number of aliphatic carboxylic acids is 1. The van der Waals surface area contributed by atoms with Gasteiger partial charge in [0.25, 0.3) is 0 Å². The quantitative estimate of drug-likeness (QED) is 0.517. The molecule has 2 atom stereocenters. The molecule has 1 aliphatic carbocycles. The van der Waals surface area contributed by atoms with E-state index in [1.807, 2.05) is 0 Å². The van der Waals surface area contributed by atoms with Gasteiger partial charge in [-0.05, 0) is 44.7 Å². The lowest BCUT2D eigenvalue weighted by molar-refractivity contribution is -0.156. The Morgan fingerprint density at radius 3 is 2.76 bits per heavy atom. The minimum Gasteiger partial charge on any atom is -0.489 e. The number of carboxylic acids is 1. The van der Waals surface area contributed by atoms with Crippen LogP contribution in [-0.2, 0) is 24.6 Å². The minimum atomic E-state index is -4.73. The summed E-state index contributed by atoms with van der Waals surface area (Å²) in [5.74, 6) is -2.11. The van der Waals surface area contributed by atoms with Crippen LogP contribution in [0.15, 0.2) is 16.5 Å². The van der Waals surface area contributed by atoms with Gasteiger partial charge in [-0.15, -0.1) is 10.2 Å². The Bertz CT molecular complexity index is 1180. The summed E-state index contributed by atoms with van der Waals surface area (Å²) in [6, 6.07) is 3.04. The SMILES string of the molecule is Cc1nc(-c2nnn(C)c2CNc2nnc(C(F)(F)F)o2)ccc1O[C@H]1CCC[C@H](C(=O)O)C1. The minimum absolute atomic E-state index is 0.00987. The van der Waals surface area contributed by atoms with Gasteiger partial charge in [-0.2, -0.15) is 13.2 Å². The predicted molar refractivity (Wildman–Crippen MR) is 110 cm³/mol. The van der Waals surface area contributed by atoms with Crippen molar-refractivity contribution in [1.29, 1.82) is 0 Å². The lowest BCUT2D eigenvalue weighted by Gasteiger charge is -2.27. The summed E-state index contributed by atoms with van der Waals surface area (Å²) in [5.41, 5.74) is 2.03. The normalized spacial score (nSPS) is 18.6. The number of ether oxygens (including phenoxy) is 1. The average molecular weight is 481 g/mol. The molecule has 3 aromatic heterocycles. The highest BCUT2D eigenvalue weighted by molar-refractivity contribution is 5.70. The number of nitrogens with zero attached hydrogens (tertiary/aromatic N) is 6. The third-order valence-electron chi connectivity index (χ3n) is 5.57. The second kappa shape index (κ2) is 9.27. The highest BCUT2D eigenvalue weighted by atomic mass is 19.4. The van der Waals surface area contributed by atoms with Gasteiger partial charge in [0.1, 0.15) is 11.4 Å². The second-order valence-electron chi connectivity index (χ2n) is 7.99. The van der Waals surface area contributed by atoms with Gasteiger partial charge >= 0.3 is 24.1 Å². The first kappa shape index (κ1) is 23.4. The van der Waals surface area contributed by atoms with E-state index in [1.165, 1.54) is 4.68 Å². The van der Waals surface area contributed by atoms with Crippen molar-refractivity contribution < 1.29 is 32.2 Å². The summed E-state index contributed by atoms with van der Waals surface area (Å²) in [6.07, 6.45) is -2.28. The van der Waals surface area contributed by atoms with Crippen LogP contribution in [0.5, 0.6) is 5.75 Å². The number of nitrogens with one attached hydrogen (secondary N) is 1. The summed E-state index contributed by atoms with van der Waals surface area (Å²) < 4.78 is 50.0. The molecule has 0 spiro atoms. The first-order chi connectivity index (χ1) is 16.1. The molecule has 0 amide bonds. The third-order valence-corrected chi connectivity index (χ3v) is 5.57. The van der Waals surface area contributed by atoms with E-state index in [1.54, 1.807) is 26.1 Å². The van der Waals surface area contributed by atoms with Crippen molar-refractivity contribution in [1.82, 2.24) is 30.2 Å². The van der Waals surface area contributed by atoms with Crippen LogP contribution < -0.4 is 10.1 Å². The van der Waals surface area contributed by atoms with Crippen molar-refractivity contribution in [2.45, 2.75) is 51.4 Å². The first-order valence-corrected chi connectivity index (χ1v) is 10.5. The molecule has 0 saturated heterocycles. The highest BCUT2D eigenvalue weighted by Crippen LogP contribution is 2.31. The van der Waals surface area contributed by atoms with Crippen LogP contribution in [0.1, 0.15) is 43.0 Å². The van der Waals surface area contributed by atoms with E-state index >= 15 is 0 Å². The number of aryl methyl sites for hydroxylation is 2. The van der Waals surface area contributed by atoms with E-state index in [2.05, 4.69) is 35.2 Å². The lowest BCUT2D eigenvalue weighted by atomic mass is 9.87. The summed E-state index contributed by atoms with van der Waals surface area (Å²) in [5, 5.41) is 26.3. The highest BCUT2D eigenvalue weighted by Gasteiger charge is 2.38. The zero-order valence-electron chi connectivity index (χ0n) is 18.3. The smallest absolute Gasteiger partial charge is 0.470 e. The predicted octanol–water partition coefficient (Wildman–Crippen LogP) is 3.22. The van der Waals surface area contributed by atoms with Gasteiger partial charge < -0.3 is 19.6 Å². The van der Waals surface area contributed by atoms with E-state index in [9.17, 15) is 23.1 Å². The van der Waals surface area contributed by atoms with E-state index < -0.39 is 24.0 Å². The van der Waals surface area contributed by atoms with Gasteiger partial charge in [-0.3, -0.25) is 4.79 Å². The molecule has 0 aromatic carbocycles. The molecule has 14 heteroatoms. The standard InChI is InChI=1S/C20H22F3N7O4/c1-10-15(33-12-5-3-4-11(8-12)17(31)32)7-6-13(25-10)16-14(30(2)29-26-16)9-24-19-28-27-18(34-19)20(21,22)23/h6-7,11-12H,3-5,8-9H2,1-2H3,(H,24,28)(H,31,32)/t11-,12-/m0/s1. The Balaban J connectivity index is 1.47. The molecule has 182 valence electrons. The van der Waals surface area contributed by atoms with E-state index in [0.717, 1.165) is 12.8 Å². The zero-order chi connectivity index (χ0) is 24.5. The summed E-state index contributed by atoms with van der Waals surface area (Å²) in [4.78, 5) is 15.8. The largest absolute Gasteiger partial charge is 0.489 e. The number of pyridine rings is 1. The Morgan fingerprint density at radius 1 is 1.29 bits per heavy atom. The van der Waals surface area contributed by atoms with Crippen LogP contribution in [0, 0.1) is 12.8 Å². The van der Waals surface area contributed by atoms with Gasteiger partial charge in [-0.25, -0.2) is 9.67 Å². The molecular weight excluding hydrogens is 459 g/mol. The number of carbonyl (C=O) groups is 1. The Morgan fingerprint density at radius 2 is 2.09 bits per heavy atom. The van der Waals surface area contributed by atoms with Gasteiger partial charge in [0.15, 0.2) is 0 Å². The van der Waals surface area contributed by atoms with Gasteiger partial charge in [0, 0.05) is 7.05 Å². The molecule has 34 heavy (non-hydrogen) atoms. The molecule has 0 radical (unpaired) electrons. The number of halogens is 3. The molecule has 3 aromatic rings. The van der Waals surface area contributed by atoms with E-state index in [4.69, 9.17) is 4.74 Å². The molecule has 1 aliphatic rings. The molecular formula is C20H22F3N7O4. The number of anilines is 1. The zero-order valence-corrected chi connectivity index (χ0v) is 18.3. The lowest BCUT2D eigenvalue weighted by Crippen LogP contribution is -2.29. The maximum atomic E-state index is 12.6. The van der Waals surface area contributed by atoms with Crippen LogP contribution in [0.2, 0.25) is 0 Å². The van der Waals surface area contributed by atoms with Crippen LogP contribution in [0.3, 0.4) is 0 Å². The van der Waals surface area contributed by atoms with Crippen LogP contribution in [0.25, 0.3) is 11.4 Å². The summed E-state index contributed by atoms with van der Waals surface area (Å²) in [6.45, 7) is 1.78. The third kappa shape index (κ3) is 5.10. The topological polar surface area (TPSA) is 141 Å². The Labute approximate surface area is 191 Å². The Kier molecular flexibility index (Phi) is 6.39. The fourth-order valence-corrected chi connectivity index (χ4v) is 3.80. The molecule has 1 fully saturated rings. The molecule has 0 aliphatic heterocycles. The molecule has 0 unspecified atom stereocenters. The fourth-order valence-electron chi connectivity index (χ4n) is 3.80. The number of alkyl halides is 3. The van der Waals surface area contributed by atoms with Crippen molar-refractivity contribution in [2.75, 3.05) is 5.32 Å². The van der Waals surface area contributed by atoms with Crippen molar-refractivity contribution in [2.24, 2.45) is 13.0 Å². The van der Waals surface area contributed by atoms with Crippen molar-refractivity contribution in [3.8, 4) is 17.1 Å². The van der Waals surface area contributed by atoms with Gasteiger partial charge in [0.05, 0.1) is 35.6 Å². The molecule has 11 nitrogen and oxygen atoms in total. The van der Waals surface area contributed by atoms with Crippen LogP contribution in [0.4, 0.5) is 19.2 Å². The van der Waals surface area contributed by atoms with Crippen LogP contribution in [-0.4, -0.2) is 47.4 Å². The molecule has 4 rings (SSSR count). The first-order valence-electron chi connectivity index (χ1n) is 10.5. The average Bonchev–Trinajstić information content (AvgIpc) is 3.40. The van der Waals surface area contributed by atoms with Gasteiger partial charge in [0.2, 0.25) is 0 Å². The maximum Gasteiger partial charge on any atom is 0.470 e. The summed E-state index contributed by atoms with van der Waals surface area (Å²) >= 11 is 0.